The average molecular weight is 132 g/mol. The van der Waals surface area contributed by atoms with E-state index >= 15 is 0 Å². The van der Waals surface area contributed by atoms with E-state index in [-0.39, 0.29) is 0 Å². The monoisotopic (exact) mass is 132 g/mol. The summed E-state index contributed by atoms with van der Waals surface area (Å²) < 4.78 is 10.6. The van der Waals surface area contributed by atoms with Gasteiger partial charge in [0.15, 0.2) is 0 Å². The maximum atomic E-state index is 10.6. The van der Waals surface area contributed by atoms with E-state index in [9.17, 15) is 4.21 Å². The molecule has 0 saturated heterocycles. The highest BCUT2D eigenvalue weighted by molar-refractivity contribution is 7.84. The van der Waals surface area contributed by atoms with Crippen LogP contribution in [0.4, 0.5) is 0 Å². The summed E-state index contributed by atoms with van der Waals surface area (Å²) in [5.41, 5.74) is 0.472. The number of hydrogen-bond acceptors (Lipinski definition) is 1. The van der Waals surface area contributed by atoms with Gasteiger partial charge in [-0.25, -0.2) is 0 Å². The van der Waals surface area contributed by atoms with Crippen LogP contribution < -0.4 is 0 Å². The smallest absolute Gasteiger partial charge is 0.0285 e. The molecule has 1 aliphatic rings. The van der Waals surface area contributed by atoms with Crippen LogP contribution in [0.2, 0.25) is 0 Å². The van der Waals surface area contributed by atoms with Crippen molar-refractivity contribution in [2.45, 2.75) is 19.8 Å². The first-order valence-electron chi connectivity index (χ1n) is 2.92. The molecule has 0 aliphatic heterocycles. The van der Waals surface area contributed by atoms with Gasteiger partial charge >= 0.3 is 0 Å². The highest BCUT2D eigenvalue weighted by atomic mass is 32.2. The van der Waals surface area contributed by atoms with Gasteiger partial charge in [0, 0.05) is 22.8 Å². The van der Waals surface area contributed by atoms with Gasteiger partial charge in [0.05, 0.1) is 0 Å². The first-order valence-corrected chi connectivity index (χ1v) is 4.65. The van der Waals surface area contributed by atoms with Crippen LogP contribution in [0.15, 0.2) is 0 Å². The van der Waals surface area contributed by atoms with E-state index in [1.165, 1.54) is 12.8 Å². The Labute approximate surface area is 52.9 Å². The molecule has 1 saturated carbocycles. The van der Waals surface area contributed by atoms with E-state index in [1.54, 1.807) is 6.26 Å². The Balaban J connectivity index is 2.29. The van der Waals surface area contributed by atoms with Crippen LogP contribution in [0.1, 0.15) is 19.8 Å². The molecule has 1 fully saturated rings. The molecule has 1 nitrogen and oxygen atoms in total. The minimum atomic E-state index is -0.573. The highest BCUT2D eigenvalue weighted by Gasteiger charge is 2.37. The fraction of sp³-hybridized carbons (Fsp3) is 1.00. The molecule has 0 N–H and O–H groups in total. The standard InChI is InChI=1S/C6H12OS/c1-6(3-4-6)5-8(2)7/h3-5H2,1-2H3. The van der Waals surface area contributed by atoms with E-state index < -0.39 is 10.8 Å². The second-order valence-corrected chi connectivity index (χ2v) is 4.46. The predicted octanol–water partition coefficient (Wildman–Crippen LogP) is 1.17. The van der Waals surface area contributed by atoms with Gasteiger partial charge in [0.1, 0.15) is 0 Å². The maximum absolute atomic E-state index is 10.6. The van der Waals surface area contributed by atoms with Crippen molar-refractivity contribution in [2.24, 2.45) is 5.41 Å². The Morgan fingerprint density at radius 3 is 2.25 bits per heavy atom. The van der Waals surface area contributed by atoms with Gasteiger partial charge in [0.25, 0.3) is 0 Å². The number of rotatable bonds is 2. The molecule has 48 valence electrons. The van der Waals surface area contributed by atoms with Crippen molar-refractivity contribution in [3.63, 3.8) is 0 Å². The summed E-state index contributed by atoms with van der Waals surface area (Å²) >= 11 is 0. The molecule has 2 heteroatoms. The van der Waals surface area contributed by atoms with Crippen LogP contribution in [0, 0.1) is 5.41 Å². The van der Waals surface area contributed by atoms with Gasteiger partial charge in [-0.3, -0.25) is 4.21 Å². The normalized spacial score (nSPS) is 27.2. The third-order valence-corrected chi connectivity index (χ3v) is 2.76. The molecule has 0 amide bonds. The van der Waals surface area contributed by atoms with Crippen molar-refractivity contribution < 1.29 is 4.21 Å². The summed E-state index contributed by atoms with van der Waals surface area (Å²) in [6.45, 7) is 2.20. The Kier molecular flexibility index (Phi) is 1.44. The molecule has 0 heterocycles. The van der Waals surface area contributed by atoms with Crippen molar-refractivity contribution in [2.75, 3.05) is 12.0 Å². The molecule has 1 atom stereocenters. The molecule has 1 aliphatic carbocycles. The second-order valence-electron chi connectivity index (χ2n) is 3.03. The summed E-state index contributed by atoms with van der Waals surface area (Å²) in [7, 11) is -0.573. The van der Waals surface area contributed by atoms with Crippen molar-refractivity contribution >= 4 is 10.8 Å². The third-order valence-electron chi connectivity index (χ3n) is 1.66. The van der Waals surface area contributed by atoms with Crippen molar-refractivity contribution in [3.8, 4) is 0 Å². The Morgan fingerprint density at radius 1 is 1.62 bits per heavy atom. The summed E-state index contributed by atoms with van der Waals surface area (Å²) in [5.74, 6) is 0.910. The van der Waals surface area contributed by atoms with Gasteiger partial charge in [-0.2, -0.15) is 0 Å². The Bertz CT molecular complexity index is 116. The predicted molar refractivity (Wildman–Crippen MR) is 36.3 cm³/mol. The summed E-state index contributed by atoms with van der Waals surface area (Å²) in [5, 5.41) is 0. The average Bonchev–Trinajstić information content (AvgIpc) is 2.17. The van der Waals surface area contributed by atoms with E-state index in [4.69, 9.17) is 0 Å². The van der Waals surface area contributed by atoms with Gasteiger partial charge in [0.2, 0.25) is 0 Å². The Morgan fingerprint density at radius 2 is 2.12 bits per heavy atom. The highest BCUT2D eigenvalue weighted by Crippen LogP contribution is 2.45. The molecule has 1 unspecified atom stereocenters. The third kappa shape index (κ3) is 1.58. The first-order chi connectivity index (χ1) is 3.62. The van der Waals surface area contributed by atoms with Crippen LogP contribution >= 0.6 is 0 Å². The fourth-order valence-corrected chi connectivity index (χ4v) is 2.12. The zero-order chi connectivity index (χ0) is 6.20. The van der Waals surface area contributed by atoms with E-state index in [0.29, 0.717) is 5.41 Å². The van der Waals surface area contributed by atoms with E-state index in [0.717, 1.165) is 5.75 Å². The molecular formula is C6H12OS. The molecule has 1 rings (SSSR count). The Hall–Kier alpha value is 0.150. The quantitative estimate of drug-likeness (QED) is 0.551. The van der Waals surface area contributed by atoms with Gasteiger partial charge in [-0.1, -0.05) is 6.92 Å². The van der Waals surface area contributed by atoms with Crippen molar-refractivity contribution in [3.05, 3.63) is 0 Å². The van der Waals surface area contributed by atoms with Crippen LogP contribution in [0.5, 0.6) is 0 Å². The summed E-state index contributed by atoms with van der Waals surface area (Å²) in [6.07, 6.45) is 4.35. The fourth-order valence-electron chi connectivity index (χ4n) is 0.848. The van der Waals surface area contributed by atoms with Crippen molar-refractivity contribution in [1.29, 1.82) is 0 Å². The summed E-state index contributed by atoms with van der Waals surface area (Å²) in [6, 6.07) is 0. The van der Waals surface area contributed by atoms with Gasteiger partial charge in [-0.15, -0.1) is 0 Å². The topological polar surface area (TPSA) is 17.1 Å². The molecule has 0 radical (unpaired) electrons. The molecule has 8 heavy (non-hydrogen) atoms. The minimum Gasteiger partial charge on any atom is -0.260 e. The molecule has 0 spiro atoms. The van der Waals surface area contributed by atoms with Crippen LogP contribution in [-0.2, 0) is 10.8 Å². The maximum Gasteiger partial charge on any atom is 0.0285 e. The van der Waals surface area contributed by atoms with Crippen molar-refractivity contribution in [1.82, 2.24) is 0 Å². The van der Waals surface area contributed by atoms with Gasteiger partial charge < -0.3 is 0 Å². The summed E-state index contributed by atoms with van der Waals surface area (Å²) in [4.78, 5) is 0. The molecule has 0 aromatic heterocycles. The van der Waals surface area contributed by atoms with Crippen LogP contribution in [0.3, 0.4) is 0 Å². The second kappa shape index (κ2) is 1.83. The SMILES string of the molecule is CS(=O)CC1(C)CC1. The van der Waals surface area contributed by atoms with E-state index in [2.05, 4.69) is 6.92 Å². The molecular weight excluding hydrogens is 120 g/mol. The lowest BCUT2D eigenvalue weighted by atomic mass is 10.2. The lowest BCUT2D eigenvalue weighted by Gasteiger charge is -2.01. The molecule has 0 bridgehead atoms. The molecule has 0 aromatic carbocycles. The lowest BCUT2D eigenvalue weighted by Crippen LogP contribution is -2.05. The number of hydrogen-bond donors (Lipinski definition) is 0. The van der Waals surface area contributed by atoms with Crippen LogP contribution in [-0.4, -0.2) is 16.2 Å². The zero-order valence-corrected chi connectivity index (χ0v) is 6.25. The zero-order valence-electron chi connectivity index (χ0n) is 5.44. The largest absolute Gasteiger partial charge is 0.260 e. The molecule has 0 aromatic rings. The lowest BCUT2D eigenvalue weighted by molar-refractivity contribution is 0.635. The van der Waals surface area contributed by atoms with Gasteiger partial charge in [-0.05, 0) is 18.3 Å². The van der Waals surface area contributed by atoms with E-state index in [1.807, 2.05) is 0 Å². The minimum absolute atomic E-state index is 0.472. The first kappa shape index (κ1) is 6.27. The van der Waals surface area contributed by atoms with Crippen LogP contribution in [0.25, 0.3) is 0 Å².